The first kappa shape index (κ1) is 15.7. The van der Waals surface area contributed by atoms with E-state index in [0.717, 1.165) is 9.79 Å². The van der Waals surface area contributed by atoms with Crippen molar-refractivity contribution in [2.75, 3.05) is 7.11 Å². The van der Waals surface area contributed by atoms with Gasteiger partial charge in [-0.2, -0.15) is 0 Å². The highest BCUT2D eigenvalue weighted by molar-refractivity contribution is 8.06. The van der Waals surface area contributed by atoms with Gasteiger partial charge in [0.25, 0.3) is 0 Å². The van der Waals surface area contributed by atoms with Gasteiger partial charge in [0.2, 0.25) is 0 Å². The van der Waals surface area contributed by atoms with Gasteiger partial charge in [-0.3, -0.25) is 0 Å². The zero-order valence-electron chi connectivity index (χ0n) is 11.3. The van der Waals surface area contributed by atoms with Crippen molar-refractivity contribution in [2.45, 2.75) is 9.79 Å². The third-order valence-electron chi connectivity index (χ3n) is 2.47. The molecule has 0 aliphatic heterocycles. The van der Waals surface area contributed by atoms with Gasteiger partial charge in [0, 0.05) is 9.79 Å². The third-order valence-corrected chi connectivity index (χ3v) is 4.53. The summed E-state index contributed by atoms with van der Waals surface area (Å²) in [5, 5.41) is 1.72. The molecule has 0 aliphatic rings. The highest BCUT2D eigenvalue weighted by Crippen LogP contribution is 2.31. The van der Waals surface area contributed by atoms with Crippen molar-refractivity contribution in [3.8, 4) is 0 Å². The van der Waals surface area contributed by atoms with Gasteiger partial charge >= 0.3 is 5.97 Å². The van der Waals surface area contributed by atoms with Gasteiger partial charge in [0.1, 0.15) is 10.7 Å². The number of ether oxygens (including phenoxy) is 1. The number of rotatable bonds is 5. The van der Waals surface area contributed by atoms with Gasteiger partial charge < -0.3 is 4.74 Å². The Morgan fingerprint density at radius 1 is 1.05 bits per heavy atom. The summed E-state index contributed by atoms with van der Waals surface area (Å²) in [6, 6.07) is 15.7. The fourth-order valence-corrected chi connectivity index (χ4v) is 3.15. The molecular weight excluding hydrogens is 307 g/mol. The van der Waals surface area contributed by atoms with E-state index >= 15 is 0 Å². The van der Waals surface area contributed by atoms with Crippen molar-refractivity contribution in [2.24, 2.45) is 0 Å². The maximum absolute atomic E-state index is 12.9. The topological polar surface area (TPSA) is 26.3 Å². The van der Waals surface area contributed by atoms with Crippen molar-refractivity contribution >= 4 is 29.5 Å². The first-order chi connectivity index (χ1) is 10.2. The molecule has 0 aromatic heterocycles. The Labute approximate surface area is 131 Å². The van der Waals surface area contributed by atoms with Gasteiger partial charge in [-0.1, -0.05) is 41.7 Å². The van der Waals surface area contributed by atoms with Crippen LogP contribution in [-0.2, 0) is 9.53 Å². The summed E-state index contributed by atoms with van der Waals surface area (Å²) in [5.74, 6) is -0.673. The second kappa shape index (κ2) is 7.90. The standard InChI is InChI=1S/C16H13FO2S2/c1-19-16(18)15(21-14-5-3-2-4-6-14)11-20-13-9-7-12(17)8-10-13/h2-11H,1H3. The molecule has 0 saturated heterocycles. The SMILES string of the molecule is COC(=O)C(=CSc1ccc(F)cc1)Sc1ccccc1. The Morgan fingerprint density at radius 3 is 2.33 bits per heavy atom. The molecule has 0 bridgehead atoms. The molecule has 2 aromatic rings. The van der Waals surface area contributed by atoms with Gasteiger partial charge in [-0.05, 0) is 41.8 Å². The molecule has 108 valence electrons. The summed E-state index contributed by atoms with van der Waals surface area (Å²) in [4.78, 5) is 14.1. The molecule has 5 heteroatoms. The number of benzene rings is 2. The van der Waals surface area contributed by atoms with Crippen LogP contribution in [0.3, 0.4) is 0 Å². The van der Waals surface area contributed by atoms with E-state index in [1.165, 1.54) is 42.8 Å². The summed E-state index contributed by atoms with van der Waals surface area (Å²) in [5.41, 5.74) is 0. The Hall–Kier alpha value is -1.72. The number of esters is 1. The van der Waals surface area contributed by atoms with Gasteiger partial charge in [0.15, 0.2) is 0 Å². The van der Waals surface area contributed by atoms with Crippen LogP contribution in [0.25, 0.3) is 0 Å². The van der Waals surface area contributed by atoms with Gasteiger partial charge in [-0.15, -0.1) is 0 Å². The molecule has 2 rings (SSSR count). The van der Waals surface area contributed by atoms with E-state index < -0.39 is 5.97 Å². The van der Waals surface area contributed by atoms with E-state index in [-0.39, 0.29) is 5.82 Å². The predicted octanol–water partition coefficient (Wildman–Crippen LogP) is 4.72. The zero-order valence-corrected chi connectivity index (χ0v) is 12.9. The summed E-state index contributed by atoms with van der Waals surface area (Å²) < 4.78 is 17.6. The first-order valence-electron chi connectivity index (χ1n) is 6.12. The Bertz CT molecular complexity index is 624. The van der Waals surface area contributed by atoms with Crippen LogP contribution in [0.5, 0.6) is 0 Å². The van der Waals surface area contributed by atoms with Crippen molar-refractivity contribution in [1.29, 1.82) is 0 Å². The number of hydrogen-bond acceptors (Lipinski definition) is 4. The van der Waals surface area contributed by atoms with Crippen molar-refractivity contribution in [3.63, 3.8) is 0 Å². The van der Waals surface area contributed by atoms with Crippen LogP contribution in [0.15, 0.2) is 74.7 Å². The second-order valence-electron chi connectivity index (χ2n) is 3.96. The van der Waals surface area contributed by atoms with Gasteiger partial charge in [0.05, 0.1) is 7.11 Å². The summed E-state index contributed by atoms with van der Waals surface area (Å²) in [6.07, 6.45) is 0. The van der Waals surface area contributed by atoms with Gasteiger partial charge in [-0.25, -0.2) is 9.18 Å². The minimum Gasteiger partial charge on any atom is -0.465 e. The quantitative estimate of drug-likeness (QED) is 0.452. The molecule has 0 atom stereocenters. The van der Waals surface area contributed by atoms with E-state index in [2.05, 4.69) is 0 Å². The number of thioether (sulfide) groups is 2. The molecular formula is C16H13FO2S2. The molecule has 0 amide bonds. The summed E-state index contributed by atoms with van der Waals surface area (Å²) >= 11 is 2.69. The van der Waals surface area contributed by atoms with Crippen molar-refractivity contribution in [3.05, 3.63) is 70.7 Å². The summed E-state index contributed by atoms with van der Waals surface area (Å²) in [6.45, 7) is 0. The Kier molecular flexibility index (Phi) is 5.90. The fraction of sp³-hybridized carbons (Fsp3) is 0.0625. The molecule has 0 saturated carbocycles. The Balaban J connectivity index is 2.13. The molecule has 0 N–H and O–H groups in total. The molecule has 0 spiro atoms. The Morgan fingerprint density at radius 2 is 1.71 bits per heavy atom. The van der Waals surface area contributed by atoms with Crippen molar-refractivity contribution in [1.82, 2.24) is 0 Å². The van der Waals surface area contributed by atoms with Crippen LogP contribution in [0.1, 0.15) is 0 Å². The lowest BCUT2D eigenvalue weighted by atomic mass is 10.4. The lowest BCUT2D eigenvalue weighted by Crippen LogP contribution is -2.01. The average molecular weight is 320 g/mol. The van der Waals surface area contributed by atoms with E-state index in [0.29, 0.717) is 4.91 Å². The normalized spacial score (nSPS) is 11.2. The van der Waals surface area contributed by atoms with Crippen LogP contribution >= 0.6 is 23.5 Å². The third kappa shape index (κ3) is 4.95. The predicted molar refractivity (Wildman–Crippen MR) is 84.7 cm³/mol. The largest absolute Gasteiger partial charge is 0.465 e. The van der Waals surface area contributed by atoms with Crippen LogP contribution in [0, 0.1) is 5.82 Å². The van der Waals surface area contributed by atoms with Crippen LogP contribution in [0.2, 0.25) is 0 Å². The van der Waals surface area contributed by atoms with Crippen LogP contribution in [-0.4, -0.2) is 13.1 Å². The highest BCUT2D eigenvalue weighted by Gasteiger charge is 2.11. The fourth-order valence-electron chi connectivity index (χ4n) is 1.46. The smallest absolute Gasteiger partial charge is 0.345 e. The van der Waals surface area contributed by atoms with E-state index in [1.807, 2.05) is 30.3 Å². The minimum absolute atomic E-state index is 0.282. The number of hydrogen-bond donors (Lipinski definition) is 0. The second-order valence-corrected chi connectivity index (χ2v) is 6.02. The maximum Gasteiger partial charge on any atom is 0.345 e. The van der Waals surface area contributed by atoms with E-state index in [4.69, 9.17) is 4.74 Å². The molecule has 2 nitrogen and oxygen atoms in total. The van der Waals surface area contributed by atoms with E-state index in [9.17, 15) is 9.18 Å². The maximum atomic E-state index is 12.9. The average Bonchev–Trinajstić information content (AvgIpc) is 2.53. The first-order valence-corrected chi connectivity index (χ1v) is 7.82. The summed E-state index contributed by atoms with van der Waals surface area (Å²) in [7, 11) is 1.35. The molecule has 2 aromatic carbocycles. The number of carbonyl (C=O) groups is 1. The molecule has 0 aliphatic carbocycles. The van der Waals surface area contributed by atoms with Crippen molar-refractivity contribution < 1.29 is 13.9 Å². The number of halogens is 1. The molecule has 0 unspecified atom stereocenters. The lowest BCUT2D eigenvalue weighted by Gasteiger charge is -2.05. The lowest BCUT2D eigenvalue weighted by molar-refractivity contribution is -0.135. The zero-order chi connectivity index (χ0) is 15.1. The van der Waals surface area contributed by atoms with Crippen LogP contribution in [0.4, 0.5) is 4.39 Å². The number of methoxy groups -OCH3 is 1. The highest BCUT2D eigenvalue weighted by atomic mass is 32.2. The molecule has 0 fully saturated rings. The van der Waals surface area contributed by atoms with Crippen LogP contribution < -0.4 is 0 Å². The molecule has 0 heterocycles. The molecule has 0 radical (unpaired) electrons. The molecule has 21 heavy (non-hydrogen) atoms. The van der Waals surface area contributed by atoms with E-state index in [1.54, 1.807) is 17.5 Å². The minimum atomic E-state index is -0.390. The number of carbonyl (C=O) groups excluding carboxylic acids is 1. The monoisotopic (exact) mass is 320 g/mol.